The van der Waals surface area contributed by atoms with Crippen LogP contribution in [-0.2, 0) is 20.9 Å². The Bertz CT molecular complexity index is 1450. The zero-order valence-corrected chi connectivity index (χ0v) is 24.9. The molecule has 4 heterocycles. The van der Waals surface area contributed by atoms with E-state index < -0.39 is 24.1 Å². The van der Waals surface area contributed by atoms with Crippen molar-refractivity contribution < 1.29 is 28.9 Å². The summed E-state index contributed by atoms with van der Waals surface area (Å²) in [7, 11) is 1.93. The van der Waals surface area contributed by atoms with Gasteiger partial charge in [-0.05, 0) is 48.4 Å². The fraction of sp³-hybridized carbons (Fsp3) is 0.576. The van der Waals surface area contributed by atoms with Crippen LogP contribution in [0.3, 0.4) is 0 Å². The number of nitrogens with one attached hydrogen (secondary N) is 1. The van der Waals surface area contributed by atoms with Crippen molar-refractivity contribution >= 4 is 11.8 Å². The summed E-state index contributed by atoms with van der Waals surface area (Å²) in [4.78, 5) is 31.2. The van der Waals surface area contributed by atoms with Crippen LogP contribution in [0.5, 0.6) is 0 Å². The molecule has 1 spiro atoms. The summed E-state index contributed by atoms with van der Waals surface area (Å²) in [5.74, 6) is -0.332. The number of ether oxygens (including phenoxy) is 1. The predicted octanol–water partition coefficient (Wildman–Crippen LogP) is 1.39. The van der Waals surface area contributed by atoms with Crippen LogP contribution >= 0.6 is 0 Å². The van der Waals surface area contributed by atoms with E-state index in [1.165, 1.54) is 17.7 Å². The maximum atomic E-state index is 14.1. The van der Waals surface area contributed by atoms with Crippen LogP contribution < -0.4 is 5.32 Å². The van der Waals surface area contributed by atoms with Crippen molar-refractivity contribution in [1.29, 1.82) is 0 Å². The zero-order valence-electron chi connectivity index (χ0n) is 24.9. The van der Waals surface area contributed by atoms with Gasteiger partial charge in [-0.25, -0.2) is 14.4 Å². The number of likely N-dealkylation sites (N-methyl/N-ethyl adjacent to an activating group) is 1. The smallest absolute Gasteiger partial charge is 0.245 e. The number of epoxide rings is 1. The number of hydrogen-bond donors (Lipinski definition) is 3. The molecule has 4 bridgehead atoms. The van der Waals surface area contributed by atoms with Gasteiger partial charge in [-0.15, -0.1) is 0 Å². The molecule has 4 saturated heterocycles. The first kappa shape index (κ1) is 28.5. The number of hydrazine groups is 1. The summed E-state index contributed by atoms with van der Waals surface area (Å²) in [6, 6.07) is 15.8. The van der Waals surface area contributed by atoms with E-state index in [2.05, 4.69) is 22.5 Å². The summed E-state index contributed by atoms with van der Waals surface area (Å²) in [6.45, 7) is 1.46. The fourth-order valence-corrected chi connectivity index (χ4v) is 9.54. The SMILES string of the molecule is CN1CC(=O)N2[C@@H](CC(O)O)C(=O)N3CC(c4ccccc4)C4CCCC56OC5(C4)C(C6NCc4ccc(F)cc4)N1[C@H]2C3. The fourth-order valence-electron chi connectivity index (χ4n) is 9.54. The van der Waals surface area contributed by atoms with E-state index in [1.54, 1.807) is 17.0 Å². The molecule has 6 fully saturated rings. The number of amides is 2. The van der Waals surface area contributed by atoms with Gasteiger partial charge in [0, 0.05) is 32.5 Å². The van der Waals surface area contributed by atoms with Gasteiger partial charge in [-0.1, -0.05) is 48.9 Å². The molecule has 2 aromatic rings. The lowest BCUT2D eigenvalue weighted by Crippen LogP contribution is -2.83. The number of hydrogen-bond acceptors (Lipinski definition) is 8. The summed E-state index contributed by atoms with van der Waals surface area (Å²) < 4.78 is 20.6. The molecular weight excluding hydrogens is 565 g/mol. The Morgan fingerprint density at radius 2 is 1.84 bits per heavy atom. The van der Waals surface area contributed by atoms with Crippen LogP contribution in [0.1, 0.15) is 49.1 Å². The Morgan fingerprint density at radius 3 is 2.59 bits per heavy atom. The third kappa shape index (κ3) is 4.13. The normalized spacial score (nSPS) is 38.2. The Hall–Kier alpha value is -2.93. The molecule has 2 saturated carbocycles. The highest BCUT2D eigenvalue weighted by Crippen LogP contribution is 2.72. The highest BCUT2D eigenvalue weighted by Gasteiger charge is 2.89. The van der Waals surface area contributed by atoms with E-state index in [1.807, 2.05) is 35.2 Å². The molecule has 6 aliphatic rings. The van der Waals surface area contributed by atoms with Gasteiger partial charge in [0.2, 0.25) is 11.8 Å². The van der Waals surface area contributed by atoms with E-state index >= 15 is 0 Å². The lowest BCUT2D eigenvalue weighted by atomic mass is 9.60. The standard InChI is InChI=1S/C33H40FN5O5/c1-36-19-27(40)38-25(14-28(41)42)31(43)37-17-24(21-6-3-2-4-7-21)22-8-5-13-32-29(35-16-20-9-11-23(34)12-10-20)30(33(32,15-22)44-32)39(36)26(38)18-37/h2-4,6-7,9-12,22,24-26,28-30,35,41-42H,5,8,13-19H2,1H3/t22?,24?,25-,26-,29?,30?,32?,33?/m0/s1. The van der Waals surface area contributed by atoms with Crippen molar-refractivity contribution in [1.82, 2.24) is 25.1 Å². The van der Waals surface area contributed by atoms with Gasteiger partial charge in [0.05, 0.1) is 25.2 Å². The lowest BCUT2D eigenvalue weighted by molar-refractivity contribution is -0.228. The number of halogens is 1. The van der Waals surface area contributed by atoms with Crippen molar-refractivity contribution in [2.75, 3.05) is 26.7 Å². The van der Waals surface area contributed by atoms with Crippen LogP contribution in [0.2, 0.25) is 0 Å². The maximum absolute atomic E-state index is 14.1. The third-order valence-electron chi connectivity index (χ3n) is 11.4. The van der Waals surface area contributed by atoms with Crippen molar-refractivity contribution in [3.05, 3.63) is 71.5 Å². The van der Waals surface area contributed by atoms with Gasteiger partial charge in [0.1, 0.15) is 29.2 Å². The van der Waals surface area contributed by atoms with E-state index in [0.29, 0.717) is 19.6 Å². The minimum Gasteiger partial charge on any atom is -0.368 e. The first-order valence-electron chi connectivity index (χ1n) is 15.9. The summed E-state index contributed by atoms with van der Waals surface area (Å²) in [5.41, 5.74) is 1.43. The topological polar surface area (TPSA) is 112 Å². The van der Waals surface area contributed by atoms with E-state index in [-0.39, 0.29) is 60.1 Å². The van der Waals surface area contributed by atoms with Gasteiger partial charge < -0.3 is 30.1 Å². The average molecular weight is 606 g/mol. The molecule has 44 heavy (non-hydrogen) atoms. The number of aliphatic hydroxyl groups excluding tert-OH is 1. The Kier molecular flexibility index (Phi) is 6.68. The summed E-state index contributed by atoms with van der Waals surface area (Å²) in [6.07, 6.45) is 1.38. The van der Waals surface area contributed by atoms with Crippen molar-refractivity contribution in [3.63, 3.8) is 0 Å². The largest absolute Gasteiger partial charge is 0.368 e. The second-order valence-corrected chi connectivity index (χ2v) is 13.6. The summed E-state index contributed by atoms with van der Waals surface area (Å²) in [5, 5.41) is 28.2. The van der Waals surface area contributed by atoms with Gasteiger partial charge >= 0.3 is 0 Å². The zero-order chi connectivity index (χ0) is 30.4. The molecule has 8 rings (SSSR count). The van der Waals surface area contributed by atoms with Gasteiger partial charge in [-0.2, -0.15) is 0 Å². The van der Waals surface area contributed by atoms with E-state index in [9.17, 15) is 24.2 Å². The molecule has 234 valence electrons. The van der Waals surface area contributed by atoms with Crippen LogP contribution in [0, 0.1) is 11.7 Å². The molecule has 2 amide bonds. The minimum atomic E-state index is -1.72. The van der Waals surface area contributed by atoms with Crippen molar-refractivity contribution in [2.24, 2.45) is 5.92 Å². The molecule has 0 radical (unpaired) electrons. The van der Waals surface area contributed by atoms with Crippen molar-refractivity contribution in [2.45, 2.75) is 86.4 Å². The highest BCUT2D eigenvalue weighted by atomic mass is 19.1. The molecule has 8 atom stereocenters. The van der Waals surface area contributed by atoms with Crippen molar-refractivity contribution in [3.8, 4) is 0 Å². The number of carbonyl (C=O) groups is 2. The second kappa shape index (κ2) is 10.3. The molecular formula is C33H40FN5O5. The lowest BCUT2D eigenvalue weighted by Gasteiger charge is -2.62. The monoisotopic (exact) mass is 605 g/mol. The predicted molar refractivity (Wildman–Crippen MR) is 157 cm³/mol. The second-order valence-electron chi connectivity index (χ2n) is 13.6. The molecule has 10 nitrogen and oxygen atoms in total. The number of rotatable bonds is 6. The molecule has 6 unspecified atom stereocenters. The van der Waals surface area contributed by atoms with E-state index in [4.69, 9.17) is 4.74 Å². The van der Waals surface area contributed by atoms with Crippen LogP contribution in [0.4, 0.5) is 4.39 Å². The first-order valence-corrected chi connectivity index (χ1v) is 15.9. The maximum Gasteiger partial charge on any atom is 0.245 e. The number of piperazine rings is 1. The Balaban J connectivity index is 1.23. The van der Waals surface area contributed by atoms with Crippen LogP contribution in [0.15, 0.2) is 54.6 Å². The Morgan fingerprint density at radius 1 is 1.07 bits per heavy atom. The van der Waals surface area contributed by atoms with Crippen LogP contribution in [-0.4, -0.2) is 110 Å². The molecule has 0 aromatic heterocycles. The number of benzene rings is 2. The van der Waals surface area contributed by atoms with Crippen LogP contribution in [0.25, 0.3) is 0 Å². The number of carbonyl (C=O) groups excluding carboxylic acids is 2. The van der Waals surface area contributed by atoms with Gasteiger partial charge in [-0.3, -0.25) is 9.59 Å². The number of fused-ring (bicyclic) bond motifs is 3. The number of nitrogens with zero attached hydrogens (tertiary/aromatic N) is 4. The molecule has 11 heteroatoms. The average Bonchev–Trinajstić information content (AvgIpc) is 3.57. The quantitative estimate of drug-likeness (QED) is 0.335. The highest BCUT2D eigenvalue weighted by molar-refractivity contribution is 5.90. The summed E-state index contributed by atoms with van der Waals surface area (Å²) >= 11 is 0. The molecule has 4 aliphatic heterocycles. The van der Waals surface area contributed by atoms with E-state index in [0.717, 1.165) is 31.2 Å². The molecule has 2 aliphatic carbocycles. The van der Waals surface area contributed by atoms with Gasteiger partial charge in [0.25, 0.3) is 0 Å². The minimum absolute atomic E-state index is 0.0497. The Labute approximate surface area is 256 Å². The van der Waals surface area contributed by atoms with Gasteiger partial charge in [0.15, 0.2) is 6.29 Å². The number of aliphatic hydroxyl groups is 2. The third-order valence-corrected chi connectivity index (χ3v) is 11.4. The first-order chi connectivity index (χ1) is 21.2. The molecule has 2 aromatic carbocycles. The molecule has 3 N–H and O–H groups in total.